The Labute approximate surface area is 133 Å². The minimum atomic E-state index is -0.525. The van der Waals surface area contributed by atoms with Crippen LogP contribution >= 0.6 is 27.7 Å². The van der Waals surface area contributed by atoms with Gasteiger partial charge in [-0.1, -0.05) is 22.9 Å². The smallest absolute Gasteiger partial charge is 0.230 e. The number of halogens is 1. The van der Waals surface area contributed by atoms with Crippen LogP contribution in [-0.2, 0) is 4.79 Å². The zero-order valence-corrected chi connectivity index (χ0v) is 14.8. The van der Waals surface area contributed by atoms with Crippen molar-refractivity contribution in [1.29, 1.82) is 0 Å². The quantitative estimate of drug-likeness (QED) is 0.764. The number of carbonyl (C=O) groups is 1. The van der Waals surface area contributed by atoms with E-state index >= 15 is 0 Å². The molecule has 2 N–H and O–H groups in total. The Bertz CT molecular complexity index is 487. The Balaban J connectivity index is 2.64. The fraction of sp³-hybridized carbons (Fsp3) is 0.533. The van der Waals surface area contributed by atoms with Crippen LogP contribution in [0.2, 0.25) is 0 Å². The van der Waals surface area contributed by atoms with Crippen LogP contribution in [0.1, 0.15) is 31.4 Å². The number of amides is 1. The number of aryl methyl sites for hydroxylation is 2. The second-order valence-corrected chi connectivity index (χ2v) is 7.15. The first kappa shape index (κ1) is 17.5. The molecular weight excluding hydrogens is 338 g/mol. The highest BCUT2D eigenvalue weighted by Crippen LogP contribution is 2.28. The number of nitrogens with one attached hydrogen (secondary N) is 1. The number of carbonyl (C=O) groups excluding carboxylic acids is 1. The first-order chi connectivity index (χ1) is 9.31. The maximum atomic E-state index is 12.0. The maximum absolute atomic E-state index is 12.0. The van der Waals surface area contributed by atoms with E-state index in [0.29, 0.717) is 12.2 Å². The summed E-state index contributed by atoms with van der Waals surface area (Å²) in [6, 6.07) is 4.15. The van der Waals surface area contributed by atoms with Crippen LogP contribution in [0.3, 0.4) is 0 Å². The Morgan fingerprint density at radius 2 is 2.05 bits per heavy atom. The summed E-state index contributed by atoms with van der Waals surface area (Å²) in [7, 11) is 0. The third kappa shape index (κ3) is 4.79. The van der Waals surface area contributed by atoms with E-state index in [1.807, 2.05) is 27.7 Å². The van der Waals surface area contributed by atoms with Gasteiger partial charge in [0.2, 0.25) is 5.91 Å². The highest BCUT2D eigenvalue weighted by Gasteiger charge is 2.23. The van der Waals surface area contributed by atoms with Crippen LogP contribution < -0.4 is 5.32 Å². The minimum absolute atomic E-state index is 0.0453. The molecule has 3 nitrogen and oxygen atoms in total. The lowest BCUT2D eigenvalue weighted by atomic mass is 10.0. The third-order valence-corrected chi connectivity index (χ3v) is 5.40. The molecule has 0 bridgehead atoms. The van der Waals surface area contributed by atoms with Gasteiger partial charge in [-0.05, 0) is 50.5 Å². The van der Waals surface area contributed by atoms with Crippen LogP contribution in [0.25, 0.3) is 0 Å². The highest BCUT2D eigenvalue weighted by atomic mass is 79.9. The van der Waals surface area contributed by atoms with Gasteiger partial charge < -0.3 is 10.4 Å². The number of rotatable bonds is 6. The fourth-order valence-electron chi connectivity index (χ4n) is 1.67. The van der Waals surface area contributed by atoms with Gasteiger partial charge in [-0.2, -0.15) is 0 Å². The molecule has 1 aromatic rings. The van der Waals surface area contributed by atoms with Gasteiger partial charge in [0, 0.05) is 9.37 Å². The second kappa shape index (κ2) is 7.48. The van der Waals surface area contributed by atoms with E-state index in [0.717, 1.165) is 20.5 Å². The van der Waals surface area contributed by atoms with Crippen LogP contribution in [0.15, 0.2) is 21.5 Å². The lowest BCUT2D eigenvalue weighted by Gasteiger charge is -2.27. The van der Waals surface area contributed by atoms with Crippen molar-refractivity contribution in [3.05, 3.63) is 27.7 Å². The highest BCUT2D eigenvalue weighted by molar-refractivity contribution is 9.10. The van der Waals surface area contributed by atoms with Crippen molar-refractivity contribution in [3.8, 4) is 0 Å². The summed E-state index contributed by atoms with van der Waals surface area (Å²) in [6.07, 6.45) is 0.705. The van der Waals surface area contributed by atoms with E-state index in [9.17, 15) is 9.90 Å². The molecule has 1 unspecified atom stereocenters. The molecule has 0 aromatic heterocycles. The normalized spacial score (nSPS) is 13.9. The molecule has 0 aliphatic heterocycles. The van der Waals surface area contributed by atoms with Gasteiger partial charge in [0.25, 0.3) is 0 Å². The van der Waals surface area contributed by atoms with E-state index < -0.39 is 5.54 Å². The summed E-state index contributed by atoms with van der Waals surface area (Å²) < 4.78 is 1.09. The van der Waals surface area contributed by atoms with Gasteiger partial charge in [0.15, 0.2) is 0 Å². The molecule has 1 rings (SSSR count). The van der Waals surface area contributed by atoms with E-state index in [2.05, 4.69) is 33.4 Å². The predicted octanol–water partition coefficient (Wildman–Crippen LogP) is 3.44. The number of aliphatic hydroxyl groups is 1. The molecule has 0 spiro atoms. The first-order valence-electron chi connectivity index (χ1n) is 6.62. The average Bonchev–Trinajstić information content (AvgIpc) is 2.41. The lowest BCUT2D eigenvalue weighted by Crippen LogP contribution is -2.49. The minimum Gasteiger partial charge on any atom is -0.394 e. The molecule has 0 fully saturated rings. The predicted molar refractivity (Wildman–Crippen MR) is 88.3 cm³/mol. The standard InChI is InChI=1S/C15H22BrNO2S/c1-5-15(4,9-18)17-14(19)8-20-13-7-10(2)12(16)6-11(13)3/h6-7,18H,5,8-9H2,1-4H3,(H,17,19). The average molecular weight is 360 g/mol. The van der Waals surface area contributed by atoms with Crippen LogP contribution in [0, 0.1) is 13.8 Å². The zero-order chi connectivity index (χ0) is 15.3. The summed E-state index contributed by atoms with van der Waals surface area (Å²) >= 11 is 5.03. The Morgan fingerprint density at radius 3 is 2.60 bits per heavy atom. The number of benzene rings is 1. The number of hydrogen-bond donors (Lipinski definition) is 2. The number of aliphatic hydroxyl groups excluding tert-OH is 1. The van der Waals surface area contributed by atoms with E-state index in [1.54, 1.807) is 0 Å². The van der Waals surface area contributed by atoms with Gasteiger partial charge >= 0.3 is 0 Å². The summed E-state index contributed by atoms with van der Waals surface area (Å²) in [5.41, 5.74) is 1.79. The first-order valence-corrected chi connectivity index (χ1v) is 8.40. The third-order valence-electron chi connectivity index (χ3n) is 3.39. The van der Waals surface area contributed by atoms with Crippen LogP contribution in [0.5, 0.6) is 0 Å². The van der Waals surface area contributed by atoms with Gasteiger partial charge in [0.1, 0.15) is 0 Å². The molecule has 5 heteroatoms. The maximum Gasteiger partial charge on any atom is 0.230 e. The Hall–Kier alpha value is -0.520. The molecule has 1 atom stereocenters. The summed E-state index contributed by atoms with van der Waals surface area (Å²) in [5.74, 6) is 0.311. The lowest BCUT2D eigenvalue weighted by molar-refractivity contribution is -0.120. The van der Waals surface area contributed by atoms with Crippen molar-refractivity contribution in [2.75, 3.05) is 12.4 Å². The van der Waals surface area contributed by atoms with Crippen molar-refractivity contribution in [2.24, 2.45) is 0 Å². The van der Waals surface area contributed by atoms with Crippen molar-refractivity contribution >= 4 is 33.6 Å². The molecule has 1 amide bonds. The molecule has 0 saturated carbocycles. The van der Waals surface area contributed by atoms with E-state index in [1.165, 1.54) is 11.8 Å². The summed E-state index contributed by atoms with van der Waals surface area (Å²) in [6.45, 7) is 7.83. The monoisotopic (exact) mass is 359 g/mol. The fourth-order valence-corrected chi connectivity index (χ4v) is 3.03. The summed E-state index contributed by atoms with van der Waals surface area (Å²) in [4.78, 5) is 13.1. The zero-order valence-electron chi connectivity index (χ0n) is 12.4. The molecule has 112 valence electrons. The second-order valence-electron chi connectivity index (χ2n) is 5.28. The van der Waals surface area contributed by atoms with Gasteiger partial charge in [-0.3, -0.25) is 4.79 Å². The Kier molecular flexibility index (Phi) is 6.55. The molecule has 20 heavy (non-hydrogen) atoms. The van der Waals surface area contributed by atoms with Crippen molar-refractivity contribution in [2.45, 2.75) is 44.6 Å². The SMILES string of the molecule is CCC(C)(CO)NC(=O)CSc1cc(C)c(Br)cc1C. The van der Waals surface area contributed by atoms with E-state index in [4.69, 9.17) is 0 Å². The van der Waals surface area contributed by atoms with Gasteiger partial charge in [-0.15, -0.1) is 11.8 Å². The molecule has 0 heterocycles. The van der Waals surface area contributed by atoms with Crippen molar-refractivity contribution in [3.63, 3.8) is 0 Å². The topological polar surface area (TPSA) is 49.3 Å². The molecule has 0 radical (unpaired) electrons. The molecular formula is C15H22BrNO2S. The van der Waals surface area contributed by atoms with Crippen LogP contribution in [-0.4, -0.2) is 28.9 Å². The van der Waals surface area contributed by atoms with Gasteiger partial charge in [0.05, 0.1) is 17.9 Å². The van der Waals surface area contributed by atoms with Crippen molar-refractivity contribution < 1.29 is 9.90 Å². The van der Waals surface area contributed by atoms with Crippen LogP contribution in [0.4, 0.5) is 0 Å². The Morgan fingerprint density at radius 1 is 1.40 bits per heavy atom. The largest absolute Gasteiger partial charge is 0.394 e. The van der Waals surface area contributed by atoms with Gasteiger partial charge in [-0.25, -0.2) is 0 Å². The molecule has 0 saturated heterocycles. The van der Waals surface area contributed by atoms with Crippen molar-refractivity contribution in [1.82, 2.24) is 5.32 Å². The van der Waals surface area contributed by atoms with E-state index in [-0.39, 0.29) is 12.5 Å². The molecule has 0 aliphatic carbocycles. The number of thioether (sulfide) groups is 1. The summed E-state index contributed by atoms with van der Waals surface area (Å²) in [5, 5.41) is 12.2. The number of hydrogen-bond acceptors (Lipinski definition) is 3. The molecule has 0 aliphatic rings. The molecule has 1 aromatic carbocycles.